The molecule has 1 aliphatic heterocycles. The van der Waals surface area contributed by atoms with Crippen molar-refractivity contribution >= 4 is 5.91 Å². The zero-order valence-electron chi connectivity index (χ0n) is 18.1. The number of methoxy groups -OCH3 is 2. The summed E-state index contributed by atoms with van der Waals surface area (Å²) in [5.74, 6) is 0.445. The van der Waals surface area contributed by atoms with Crippen LogP contribution in [0.4, 0.5) is 0 Å². The molecule has 1 amide bonds. The molecular formula is C24H27N3O4. The van der Waals surface area contributed by atoms with E-state index in [1.165, 1.54) is 5.56 Å². The number of hydrogen-bond donors (Lipinski definition) is 2. The lowest BCUT2D eigenvalue weighted by Crippen LogP contribution is -2.38. The monoisotopic (exact) mass is 421 g/mol. The first-order valence-corrected chi connectivity index (χ1v) is 10.3. The largest absolute Gasteiger partial charge is 0.508 e. The van der Waals surface area contributed by atoms with Crippen molar-refractivity contribution in [2.24, 2.45) is 0 Å². The van der Waals surface area contributed by atoms with Gasteiger partial charge in [0.2, 0.25) is 0 Å². The van der Waals surface area contributed by atoms with Gasteiger partial charge in [-0.2, -0.15) is 5.10 Å². The molecule has 0 aliphatic carbocycles. The molecule has 4 rings (SSSR count). The van der Waals surface area contributed by atoms with E-state index < -0.39 is 6.29 Å². The van der Waals surface area contributed by atoms with Crippen LogP contribution in [0.5, 0.6) is 5.75 Å². The summed E-state index contributed by atoms with van der Waals surface area (Å²) in [6.45, 7) is 4.58. The zero-order chi connectivity index (χ0) is 22.1. The molecule has 1 aliphatic rings. The van der Waals surface area contributed by atoms with Gasteiger partial charge in [-0.15, -0.1) is 0 Å². The number of aromatic hydroxyl groups is 1. The third-order valence-electron chi connectivity index (χ3n) is 5.79. The van der Waals surface area contributed by atoms with Crippen molar-refractivity contribution in [2.75, 3.05) is 20.8 Å². The summed E-state index contributed by atoms with van der Waals surface area (Å²) in [7, 11) is 3.12. The molecule has 1 aromatic heterocycles. The summed E-state index contributed by atoms with van der Waals surface area (Å²) < 4.78 is 10.8. The molecule has 0 bridgehead atoms. The summed E-state index contributed by atoms with van der Waals surface area (Å²) >= 11 is 0. The first kappa shape index (κ1) is 21.1. The number of fused-ring (bicyclic) bond motifs is 1. The molecule has 1 atom stereocenters. The number of aromatic nitrogens is 2. The van der Waals surface area contributed by atoms with Crippen LogP contribution in [0.25, 0.3) is 11.3 Å². The average Bonchev–Trinajstić information content (AvgIpc) is 3.31. The van der Waals surface area contributed by atoms with Crippen molar-refractivity contribution in [3.63, 3.8) is 0 Å². The Labute approximate surface area is 181 Å². The Kier molecular flexibility index (Phi) is 5.80. The number of ether oxygens (including phenoxy) is 2. The highest BCUT2D eigenvalue weighted by atomic mass is 16.7. The Morgan fingerprint density at radius 1 is 1.06 bits per heavy atom. The van der Waals surface area contributed by atoms with E-state index in [2.05, 4.69) is 48.3 Å². The molecular weight excluding hydrogens is 394 g/mol. The number of phenols is 1. The van der Waals surface area contributed by atoms with Crippen LogP contribution in [0.2, 0.25) is 0 Å². The molecule has 2 aromatic carbocycles. The third kappa shape index (κ3) is 3.82. The Hall–Kier alpha value is -3.16. The van der Waals surface area contributed by atoms with Crippen molar-refractivity contribution in [3.8, 4) is 17.0 Å². The van der Waals surface area contributed by atoms with Crippen LogP contribution in [0.15, 0.2) is 48.5 Å². The Balaban J connectivity index is 1.82. The van der Waals surface area contributed by atoms with Gasteiger partial charge in [0.05, 0.1) is 18.3 Å². The van der Waals surface area contributed by atoms with Crippen molar-refractivity contribution in [1.82, 2.24) is 15.1 Å². The molecule has 3 aromatic rings. The SMILES string of the molecule is COC(CN1C(=O)c2[nH]nc(-c3ccc(O)cc3)c2C1c1ccc(C(C)C)cc1)OC. The van der Waals surface area contributed by atoms with Crippen LogP contribution in [0.1, 0.15) is 53.0 Å². The van der Waals surface area contributed by atoms with E-state index in [0.717, 1.165) is 16.7 Å². The summed E-state index contributed by atoms with van der Waals surface area (Å²) in [5.41, 5.74) is 5.02. The number of nitrogens with zero attached hydrogens (tertiary/aromatic N) is 2. The Morgan fingerprint density at radius 2 is 1.71 bits per heavy atom. The molecule has 31 heavy (non-hydrogen) atoms. The number of hydrogen-bond acceptors (Lipinski definition) is 5. The highest BCUT2D eigenvalue weighted by molar-refractivity contribution is 6.00. The zero-order valence-corrected chi connectivity index (χ0v) is 18.1. The molecule has 0 spiro atoms. The van der Waals surface area contributed by atoms with Gasteiger partial charge in [-0.25, -0.2) is 0 Å². The first-order valence-electron chi connectivity index (χ1n) is 10.3. The van der Waals surface area contributed by atoms with Gasteiger partial charge in [0.1, 0.15) is 11.4 Å². The van der Waals surface area contributed by atoms with Crippen LogP contribution in [-0.4, -0.2) is 53.2 Å². The van der Waals surface area contributed by atoms with Crippen molar-refractivity contribution < 1.29 is 19.4 Å². The van der Waals surface area contributed by atoms with Gasteiger partial charge >= 0.3 is 0 Å². The number of rotatable bonds is 7. The predicted octanol–water partition coefficient (Wildman–Crippen LogP) is 4.07. The summed E-state index contributed by atoms with van der Waals surface area (Å²) in [5, 5.41) is 17.0. The lowest BCUT2D eigenvalue weighted by Gasteiger charge is -2.29. The van der Waals surface area contributed by atoms with E-state index in [1.54, 1.807) is 43.4 Å². The summed E-state index contributed by atoms with van der Waals surface area (Å²) in [6, 6.07) is 14.8. The van der Waals surface area contributed by atoms with Crippen LogP contribution < -0.4 is 0 Å². The molecule has 0 saturated carbocycles. The van der Waals surface area contributed by atoms with E-state index in [4.69, 9.17) is 9.47 Å². The molecule has 2 N–H and O–H groups in total. The van der Waals surface area contributed by atoms with Crippen LogP contribution in [-0.2, 0) is 9.47 Å². The van der Waals surface area contributed by atoms with Gasteiger partial charge in [0, 0.05) is 25.3 Å². The topological polar surface area (TPSA) is 87.7 Å². The normalized spacial score (nSPS) is 15.9. The Bertz CT molecular complexity index is 1050. The van der Waals surface area contributed by atoms with Crippen LogP contribution >= 0.6 is 0 Å². The fourth-order valence-corrected chi connectivity index (χ4v) is 4.04. The minimum atomic E-state index is -0.546. The molecule has 2 heterocycles. The maximum Gasteiger partial charge on any atom is 0.273 e. The lowest BCUT2D eigenvalue weighted by molar-refractivity contribution is -0.113. The molecule has 0 fully saturated rings. The van der Waals surface area contributed by atoms with Crippen molar-refractivity contribution in [3.05, 3.63) is 70.9 Å². The third-order valence-corrected chi connectivity index (χ3v) is 5.79. The molecule has 162 valence electrons. The quantitative estimate of drug-likeness (QED) is 0.562. The lowest BCUT2D eigenvalue weighted by atomic mass is 9.94. The van der Waals surface area contributed by atoms with E-state index in [9.17, 15) is 9.90 Å². The van der Waals surface area contributed by atoms with Gasteiger partial charge in [-0.05, 0) is 41.3 Å². The number of amides is 1. The predicted molar refractivity (Wildman–Crippen MR) is 117 cm³/mol. The molecule has 0 radical (unpaired) electrons. The molecule has 1 unspecified atom stereocenters. The minimum Gasteiger partial charge on any atom is -0.508 e. The maximum atomic E-state index is 13.3. The van der Waals surface area contributed by atoms with Crippen LogP contribution in [0, 0.1) is 0 Å². The van der Waals surface area contributed by atoms with Gasteiger partial charge in [0.25, 0.3) is 5.91 Å². The second kappa shape index (κ2) is 8.53. The number of carbonyl (C=O) groups is 1. The summed E-state index contributed by atoms with van der Waals surface area (Å²) in [4.78, 5) is 15.1. The minimum absolute atomic E-state index is 0.149. The molecule has 7 heteroatoms. The number of H-pyrrole nitrogens is 1. The molecule has 0 saturated heterocycles. The highest BCUT2D eigenvalue weighted by Gasteiger charge is 2.43. The number of carbonyl (C=O) groups excluding carboxylic acids is 1. The number of nitrogens with one attached hydrogen (secondary N) is 1. The number of aromatic amines is 1. The first-order chi connectivity index (χ1) is 14.9. The van der Waals surface area contributed by atoms with E-state index in [-0.39, 0.29) is 24.2 Å². The van der Waals surface area contributed by atoms with Gasteiger partial charge in [-0.3, -0.25) is 9.89 Å². The van der Waals surface area contributed by atoms with Gasteiger partial charge in [0.15, 0.2) is 6.29 Å². The van der Waals surface area contributed by atoms with Crippen molar-refractivity contribution in [1.29, 1.82) is 0 Å². The van der Waals surface area contributed by atoms with E-state index in [1.807, 2.05) is 0 Å². The number of benzene rings is 2. The number of phenolic OH excluding ortho intramolecular Hbond substituents is 1. The van der Waals surface area contributed by atoms with Gasteiger partial charge < -0.3 is 19.5 Å². The second-order valence-electron chi connectivity index (χ2n) is 7.99. The summed E-state index contributed by atoms with van der Waals surface area (Å²) in [6.07, 6.45) is -0.546. The fourth-order valence-electron chi connectivity index (χ4n) is 4.04. The Morgan fingerprint density at radius 3 is 2.29 bits per heavy atom. The van der Waals surface area contributed by atoms with Gasteiger partial charge in [-0.1, -0.05) is 38.1 Å². The maximum absolute atomic E-state index is 13.3. The molecule has 7 nitrogen and oxygen atoms in total. The van der Waals surface area contributed by atoms with Crippen LogP contribution in [0.3, 0.4) is 0 Å². The second-order valence-corrected chi connectivity index (χ2v) is 7.99. The highest BCUT2D eigenvalue weighted by Crippen LogP contribution is 2.43. The van der Waals surface area contributed by atoms with E-state index in [0.29, 0.717) is 17.3 Å². The van der Waals surface area contributed by atoms with E-state index >= 15 is 0 Å². The van der Waals surface area contributed by atoms with Crippen molar-refractivity contribution in [2.45, 2.75) is 32.1 Å². The smallest absolute Gasteiger partial charge is 0.273 e. The standard InChI is InChI=1S/C24H27N3O4/c1-14(2)15-5-7-17(8-6-15)23-20-21(16-9-11-18(28)12-10-16)25-26-22(20)24(29)27(23)13-19(30-3)31-4/h5-12,14,19,23,28H,13H2,1-4H3,(H,25,26). The fraction of sp³-hybridized carbons (Fsp3) is 0.333. The average molecular weight is 421 g/mol.